The molecule has 0 aromatic carbocycles. The highest BCUT2D eigenvalue weighted by Gasteiger charge is 2.37. The summed E-state index contributed by atoms with van der Waals surface area (Å²) in [6, 6.07) is 0.518. The van der Waals surface area contributed by atoms with Gasteiger partial charge >= 0.3 is 0 Å². The zero-order valence-electron chi connectivity index (χ0n) is 15.1. The van der Waals surface area contributed by atoms with Gasteiger partial charge in [-0.25, -0.2) is 0 Å². The van der Waals surface area contributed by atoms with E-state index in [9.17, 15) is 4.79 Å². The molecule has 2 atom stereocenters. The van der Waals surface area contributed by atoms with Gasteiger partial charge in [0.05, 0.1) is 13.1 Å². The minimum Gasteiger partial charge on any atom is -0.338 e. The second kappa shape index (κ2) is 6.38. The number of hydrogen-bond acceptors (Lipinski definition) is 4. The van der Waals surface area contributed by atoms with E-state index in [0.29, 0.717) is 24.4 Å². The predicted molar refractivity (Wildman–Crippen MR) is 94.0 cm³/mol. The molecule has 0 N–H and O–H groups in total. The van der Waals surface area contributed by atoms with Gasteiger partial charge in [-0.3, -0.25) is 9.69 Å². The maximum atomic E-state index is 13.0. The summed E-state index contributed by atoms with van der Waals surface area (Å²) in [6.07, 6.45) is 10.2. The maximum Gasteiger partial charge on any atom is 0.237 e. The molecule has 2 aliphatic carbocycles. The highest BCUT2D eigenvalue weighted by atomic mass is 16.2. The number of amides is 1. The van der Waals surface area contributed by atoms with Crippen molar-refractivity contribution in [2.45, 2.75) is 76.4 Å². The van der Waals surface area contributed by atoms with Crippen molar-refractivity contribution in [1.29, 1.82) is 0 Å². The van der Waals surface area contributed by atoms with E-state index in [0.717, 1.165) is 37.9 Å². The first kappa shape index (κ1) is 15.8. The van der Waals surface area contributed by atoms with Crippen LogP contribution in [0.3, 0.4) is 0 Å². The molecule has 0 spiro atoms. The third-order valence-electron chi connectivity index (χ3n) is 6.73. The normalized spacial score (nSPS) is 30.0. The summed E-state index contributed by atoms with van der Waals surface area (Å²) in [5, 5.41) is 8.81. The number of carbonyl (C=O) groups is 1. The van der Waals surface area contributed by atoms with Crippen molar-refractivity contribution in [2.24, 2.45) is 5.92 Å². The molecule has 136 valence electrons. The average molecular weight is 343 g/mol. The van der Waals surface area contributed by atoms with Crippen molar-refractivity contribution in [3.63, 3.8) is 0 Å². The van der Waals surface area contributed by atoms with E-state index < -0.39 is 0 Å². The Bertz CT molecular complexity index is 650. The molecule has 1 aromatic rings. The zero-order valence-corrected chi connectivity index (χ0v) is 15.1. The van der Waals surface area contributed by atoms with Crippen LogP contribution in [0.1, 0.15) is 68.9 Å². The summed E-state index contributed by atoms with van der Waals surface area (Å²) in [6.45, 7) is 4.17. The van der Waals surface area contributed by atoms with Crippen LogP contribution in [-0.4, -0.2) is 56.1 Å². The van der Waals surface area contributed by atoms with Gasteiger partial charge in [-0.1, -0.05) is 12.8 Å². The van der Waals surface area contributed by atoms with E-state index in [4.69, 9.17) is 0 Å². The number of piperidine rings is 1. The quantitative estimate of drug-likeness (QED) is 0.844. The van der Waals surface area contributed by atoms with E-state index in [2.05, 4.69) is 24.6 Å². The second-order valence-electron chi connectivity index (χ2n) is 8.45. The average Bonchev–Trinajstić information content (AvgIpc) is 3.40. The van der Waals surface area contributed by atoms with Crippen molar-refractivity contribution in [1.82, 2.24) is 24.6 Å². The van der Waals surface area contributed by atoms with Crippen molar-refractivity contribution in [3.05, 3.63) is 11.6 Å². The molecule has 2 unspecified atom stereocenters. The highest BCUT2D eigenvalue weighted by Crippen LogP contribution is 2.39. The molecule has 3 fully saturated rings. The molecule has 3 heterocycles. The minimum atomic E-state index is 0.340. The van der Waals surface area contributed by atoms with E-state index in [1.807, 2.05) is 0 Å². The molecular formula is C19H29N5O. The van der Waals surface area contributed by atoms with Gasteiger partial charge in [0.2, 0.25) is 5.91 Å². The van der Waals surface area contributed by atoms with Crippen LogP contribution in [0.2, 0.25) is 0 Å². The van der Waals surface area contributed by atoms with E-state index in [-0.39, 0.29) is 0 Å². The lowest BCUT2D eigenvalue weighted by atomic mass is 9.78. The van der Waals surface area contributed by atoms with Crippen LogP contribution >= 0.6 is 0 Å². The molecule has 4 aliphatic rings. The Labute approximate surface area is 149 Å². The lowest BCUT2D eigenvalue weighted by molar-refractivity contribution is -0.139. The van der Waals surface area contributed by atoms with E-state index in [1.54, 1.807) is 0 Å². The van der Waals surface area contributed by atoms with Crippen LogP contribution in [0.25, 0.3) is 0 Å². The Kier molecular flexibility index (Phi) is 4.03. The fraction of sp³-hybridized carbons (Fsp3) is 0.842. The summed E-state index contributed by atoms with van der Waals surface area (Å²) in [4.78, 5) is 17.5. The van der Waals surface area contributed by atoms with Crippen LogP contribution in [-0.2, 0) is 17.9 Å². The summed E-state index contributed by atoms with van der Waals surface area (Å²) in [5.74, 6) is 3.98. The summed E-state index contributed by atoms with van der Waals surface area (Å²) < 4.78 is 2.30. The number of fused-ring (bicyclic) bond motifs is 2. The Morgan fingerprint density at radius 1 is 0.960 bits per heavy atom. The fourth-order valence-electron chi connectivity index (χ4n) is 5.23. The molecule has 0 radical (unpaired) electrons. The van der Waals surface area contributed by atoms with Crippen LogP contribution in [0.4, 0.5) is 0 Å². The predicted octanol–water partition coefficient (Wildman–Crippen LogP) is 2.15. The smallest absolute Gasteiger partial charge is 0.237 e. The third-order valence-corrected chi connectivity index (χ3v) is 6.73. The molecule has 1 saturated heterocycles. The van der Waals surface area contributed by atoms with Gasteiger partial charge in [-0.05, 0) is 44.4 Å². The number of likely N-dealkylation sites (tertiary alicyclic amines) is 1. The largest absolute Gasteiger partial charge is 0.338 e. The summed E-state index contributed by atoms with van der Waals surface area (Å²) >= 11 is 0. The molecule has 5 rings (SSSR count). The molecule has 2 aliphatic heterocycles. The third kappa shape index (κ3) is 2.98. The molecule has 0 bridgehead atoms. The zero-order chi connectivity index (χ0) is 16.8. The van der Waals surface area contributed by atoms with Gasteiger partial charge in [-0.15, -0.1) is 10.2 Å². The highest BCUT2D eigenvalue weighted by molar-refractivity contribution is 5.78. The van der Waals surface area contributed by atoms with E-state index >= 15 is 0 Å². The Hall–Kier alpha value is -1.43. The van der Waals surface area contributed by atoms with Crippen molar-refractivity contribution >= 4 is 5.91 Å². The number of carbonyl (C=O) groups excluding carboxylic acids is 1. The van der Waals surface area contributed by atoms with Crippen LogP contribution in [0, 0.1) is 5.92 Å². The van der Waals surface area contributed by atoms with Crippen LogP contribution in [0.15, 0.2) is 0 Å². The molecule has 6 heteroatoms. The van der Waals surface area contributed by atoms with Crippen molar-refractivity contribution in [3.8, 4) is 0 Å². The summed E-state index contributed by atoms with van der Waals surface area (Å²) in [7, 11) is 0. The lowest BCUT2D eigenvalue weighted by Gasteiger charge is -2.44. The standard InChI is InChI=1S/C19H29N5O/c25-18(23-9-3-5-14-4-1-2-6-16(14)23)13-22-10-11-24-17(12-22)20-21-19(24)15-7-8-15/h14-16H,1-13H2. The Morgan fingerprint density at radius 3 is 2.68 bits per heavy atom. The SMILES string of the molecule is O=C(CN1CCn2c(nnc2C2CC2)C1)N1CCCC2CCCCC21. The minimum absolute atomic E-state index is 0.340. The van der Waals surface area contributed by atoms with Crippen molar-refractivity contribution in [2.75, 3.05) is 19.6 Å². The van der Waals surface area contributed by atoms with Gasteiger partial charge in [0.25, 0.3) is 0 Å². The van der Waals surface area contributed by atoms with E-state index in [1.165, 1.54) is 57.2 Å². The molecule has 6 nitrogen and oxygen atoms in total. The maximum absolute atomic E-state index is 13.0. The molecular weight excluding hydrogens is 314 g/mol. The van der Waals surface area contributed by atoms with Crippen molar-refractivity contribution < 1.29 is 4.79 Å². The monoisotopic (exact) mass is 343 g/mol. The first-order valence-corrected chi connectivity index (χ1v) is 10.2. The van der Waals surface area contributed by atoms with Gasteiger partial charge in [0, 0.05) is 31.6 Å². The molecule has 25 heavy (non-hydrogen) atoms. The van der Waals surface area contributed by atoms with Gasteiger partial charge in [-0.2, -0.15) is 0 Å². The first-order chi connectivity index (χ1) is 12.3. The number of hydrogen-bond donors (Lipinski definition) is 0. The second-order valence-corrected chi connectivity index (χ2v) is 8.45. The molecule has 1 amide bonds. The number of rotatable bonds is 3. The van der Waals surface area contributed by atoms with Crippen LogP contribution < -0.4 is 0 Å². The van der Waals surface area contributed by atoms with Gasteiger partial charge < -0.3 is 9.47 Å². The molecule has 1 aromatic heterocycles. The number of nitrogens with zero attached hydrogens (tertiary/aromatic N) is 5. The van der Waals surface area contributed by atoms with Gasteiger partial charge in [0.15, 0.2) is 0 Å². The van der Waals surface area contributed by atoms with Gasteiger partial charge in [0.1, 0.15) is 11.6 Å². The Morgan fingerprint density at radius 2 is 1.80 bits per heavy atom. The van der Waals surface area contributed by atoms with Crippen LogP contribution in [0.5, 0.6) is 0 Å². The molecule has 2 saturated carbocycles. The lowest BCUT2D eigenvalue weighted by Crippen LogP contribution is -2.53. The topological polar surface area (TPSA) is 54.3 Å². The fourth-order valence-corrected chi connectivity index (χ4v) is 5.23. The Balaban J connectivity index is 1.23. The number of aromatic nitrogens is 3. The first-order valence-electron chi connectivity index (χ1n) is 10.2. The summed E-state index contributed by atoms with van der Waals surface area (Å²) in [5.41, 5.74) is 0.